The van der Waals surface area contributed by atoms with Gasteiger partial charge in [0.25, 0.3) is 0 Å². The summed E-state index contributed by atoms with van der Waals surface area (Å²) in [4.78, 5) is 23.2. The van der Waals surface area contributed by atoms with Gasteiger partial charge < -0.3 is 15.2 Å². The van der Waals surface area contributed by atoms with E-state index in [0.29, 0.717) is 25.7 Å². The van der Waals surface area contributed by atoms with E-state index in [9.17, 15) is 9.59 Å². The lowest BCUT2D eigenvalue weighted by Crippen LogP contribution is -2.48. The lowest BCUT2D eigenvalue weighted by molar-refractivity contribution is -0.144. The third kappa shape index (κ3) is 3.72. The first-order valence-electron chi connectivity index (χ1n) is 7.67. The first-order chi connectivity index (χ1) is 9.61. The van der Waals surface area contributed by atoms with Gasteiger partial charge in [0.05, 0.1) is 18.1 Å². The molecule has 2 N–H and O–H groups in total. The van der Waals surface area contributed by atoms with Crippen LogP contribution in [-0.2, 0) is 14.3 Å². The number of nitrogens with one attached hydrogen (secondary N) is 1. The summed E-state index contributed by atoms with van der Waals surface area (Å²) in [5, 5.41) is 12.1. The molecule has 0 heterocycles. The zero-order valence-electron chi connectivity index (χ0n) is 12.1. The summed E-state index contributed by atoms with van der Waals surface area (Å²) < 4.78 is 5.45. The SMILES string of the molecule is CO[C@H]1CCCC[C@@H]1NC(=O)C1CCC(C(=O)O)CC1. The zero-order valence-corrected chi connectivity index (χ0v) is 12.1. The number of amides is 1. The van der Waals surface area contributed by atoms with Crippen molar-refractivity contribution in [3.8, 4) is 0 Å². The predicted octanol–water partition coefficient (Wildman–Crippen LogP) is 1.95. The van der Waals surface area contributed by atoms with Gasteiger partial charge in [-0.2, -0.15) is 0 Å². The third-order valence-corrected chi connectivity index (χ3v) is 4.78. The average molecular weight is 283 g/mol. The molecule has 0 aliphatic heterocycles. The van der Waals surface area contributed by atoms with Gasteiger partial charge in [-0.05, 0) is 38.5 Å². The van der Waals surface area contributed by atoms with E-state index in [2.05, 4.69) is 5.32 Å². The van der Waals surface area contributed by atoms with Crippen LogP contribution in [-0.4, -0.2) is 36.2 Å². The van der Waals surface area contributed by atoms with Crippen molar-refractivity contribution >= 4 is 11.9 Å². The van der Waals surface area contributed by atoms with Crippen LogP contribution in [0.3, 0.4) is 0 Å². The van der Waals surface area contributed by atoms with E-state index in [0.717, 1.165) is 25.7 Å². The molecule has 0 unspecified atom stereocenters. The van der Waals surface area contributed by atoms with Crippen molar-refractivity contribution in [2.45, 2.75) is 63.5 Å². The van der Waals surface area contributed by atoms with E-state index < -0.39 is 5.97 Å². The Morgan fingerprint density at radius 3 is 2.20 bits per heavy atom. The molecule has 0 saturated heterocycles. The number of rotatable bonds is 4. The largest absolute Gasteiger partial charge is 0.481 e. The standard InChI is InChI=1S/C15H25NO4/c1-20-13-5-3-2-4-12(13)16-14(17)10-6-8-11(9-7-10)15(18)19/h10-13H,2-9H2,1H3,(H,16,17)(H,18,19)/t10?,11?,12-,13-/m0/s1. The summed E-state index contributed by atoms with van der Waals surface area (Å²) >= 11 is 0. The fraction of sp³-hybridized carbons (Fsp3) is 0.867. The number of carbonyl (C=O) groups is 2. The van der Waals surface area contributed by atoms with Gasteiger partial charge in [-0.3, -0.25) is 9.59 Å². The van der Waals surface area contributed by atoms with Crippen molar-refractivity contribution in [2.24, 2.45) is 11.8 Å². The van der Waals surface area contributed by atoms with Gasteiger partial charge in [-0.25, -0.2) is 0 Å². The van der Waals surface area contributed by atoms with Crippen molar-refractivity contribution in [3.05, 3.63) is 0 Å². The van der Waals surface area contributed by atoms with E-state index in [-0.39, 0.29) is 29.9 Å². The minimum absolute atomic E-state index is 0.0231. The topological polar surface area (TPSA) is 75.6 Å². The smallest absolute Gasteiger partial charge is 0.306 e. The second kappa shape index (κ2) is 7.07. The Balaban J connectivity index is 1.81. The first-order valence-corrected chi connectivity index (χ1v) is 7.67. The fourth-order valence-electron chi connectivity index (χ4n) is 3.45. The maximum atomic E-state index is 12.3. The number of carboxylic acid groups (broad SMARTS) is 1. The number of carbonyl (C=O) groups excluding carboxylic acids is 1. The molecule has 2 atom stereocenters. The van der Waals surface area contributed by atoms with E-state index in [1.54, 1.807) is 7.11 Å². The summed E-state index contributed by atoms with van der Waals surface area (Å²) in [6.07, 6.45) is 7.02. The van der Waals surface area contributed by atoms with Crippen molar-refractivity contribution in [1.29, 1.82) is 0 Å². The van der Waals surface area contributed by atoms with Crippen LogP contribution in [0.4, 0.5) is 0 Å². The molecular formula is C15H25NO4. The second-order valence-corrected chi connectivity index (χ2v) is 6.06. The molecule has 0 spiro atoms. The quantitative estimate of drug-likeness (QED) is 0.827. The average Bonchev–Trinajstić information content (AvgIpc) is 2.48. The highest BCUT2D eigenvalue weighted by Gasteiger charge is 2.32. The number of methoxy groups -OCH3 is 1. The van der Waals surface area contributed by atoms with E-state index in [4.69, 9.17) is 9.84 Å². The van der Waals surface area contributed by atoms with Gasteiger partial charge in [-0.15, -0.1) is 0 Å². The lowest BCUT2D eigenvalue weighted by atomic mass is 9.81. The molecule has 0 aromatic carbocycles. The summed E-state index contributed by atoms with van der Waals surface area (Å²) in [7, 11) is 1.70. The van der Waals surface area contributed by atoms with Crippen LogP contribution in [0.25, 0.3) is 0 Å². The van der Waals surface area contributed by atoms with Crippen LogP contribution < -0.4 is 5.32 Å². The van der Waals surface area contributed by atoms with Crippen LogP contribution >= 0.6 is 0 Å². The van der Waals surface area contributed by atoms with Crippen molar-refractivity contribution in [3.63, 3.8) is 0 Å². The van der Waals surface area contributed by atoms with Crippen LogP contribution in [0.5, 0.6) is 0 Å². The van der Waals surface area contributed by atoms with Crippen LogP contribution in [0.2, 0.25) is 0 Å². The number of hydrogen-bond donors (Lipinski definition) is 2. The molecule has 5 heteroatoms. The molecule has 2 rings (SSSR count). The summed E-state index contributed by atoms with van der Waals surface area (Å²) in [6, 6.07) is 0.124. The van der Waals surface area contributed by atoms with Crippen LogP contribution in [0, 0.1) is 11.8 Å². The van der Waals surface area contributed by atoms with E-state index >= 15 is 0 Å². The Hall–Kier alpha value is -1.10. The van der Waals surface area contributed by atoms with Crippen molar-refractivity contribution in [2.75, 3.05) is 7.11 Å². The van der Waals surface area contributed by atoms with E-state index in [1.165, 1.54) is 0 Å². The normalized spacial score (nSPS) is 34.5. The molecule has 2 aliphatic rings. The Kier molecular flexibility index (Phi) is 5.40. The Labute approximate surface area is 120 Å². The summed E-state index contributed by atoms with van der Waals surface area (Å²) in [5.41, 5.74) is 0. The highest BCUT2D eigenvalue weighted by atomic mass is 16.5. The fourth-order valence-corrected chi connectivity index (χ4v) is 3.45. The molecule has 1 amide bonds. The highest BCUT2D eigenvalue weighted by Crippen LogP contribution is 2.30. The maximum Gasteiger partial charge on any atom is 0.306 e. The number of hydrogen-bond acceptors (Lipinski definition) is 3. The summed E-state index contributed by atoms with van der Waals surface area (Å²) in [6.45, 7) is 0. The molecule has 2 fully saturated rings. The van der Waals surface area contributed by atoms with Gasteiger partial charge in [0.1, 0.15) is 0 Å². The van der Waals surface area contributed by atoms with Crippen LogP contribution in [0.1, 0.15) is 51.4 Å². The second-order valence-electron chi connectivity index (χ2n) is 6.06. The molecule has 0 aromatic heterocycles. The summed E-state index contributed by atoms with van der Waals surface area (Å²) in [5.74, 6) is -0.927. The Bertz CT molecular complexity index is 350. The Morgan fingerprint density at radius 2 is 1.60 bits per heavy atom. The van der Waals surface area contributed by atoms with Gasteiger partial charge >= 0.3 is 5.97 Å². The van der Waals surface area contributed by atoms with Crippen molar-refractivity contribution in [1.82, 2.24) is 5.32 Å². The molecule has 0 bridgehead atoms. The number of carboxylic acids is 1. The number of ether oxygens (including phenoxy) is 1. The van der Waals surface area contributed by atoms with Gasteiger partial charge in [0, 0.05) is 13.0 Å². The number of aliphatic carboxylic acids is 1. The molecular weight excluding hydrogens is 258 g/mol. The monoisotopic (exact) mass is 283 g/mol. The van der Waals surface area contributed by atoms with E-state index in [1.807, 2.05) is 0 Å². The minimum Gasteiger partial charge on any atom is -0.481 e. The molecule has 0 radical (unpaired) electrons. The zero-order chi connectivity index (χ0) is 14.5. The predicted molar refractivity (Wildman–Crippen MR) is 74.3 cm³/mol. The Morgan fingerprint density at radius 1 is 1.00 bits per heavy atom. The molecule has 2 aliphatic carbocycles. The molecule has 20 heavy (non-hydrogen) atoms. The third-order valence-electron chi connectivity index (χ3n) is 4.78. The lowest BCUT2D eigenvalue weighted by Gasteiger charge is -2.33. The maximum absolute atomic E-state index is 12.3. The molecule has 114 valence electrons. The van der Waals surface area contributed by atoms with Crippen molar-refractivity contribution < 1.29 is 19.4 Å². The van der Waals surface area contributed by atoms with Gasteiger partial charge in [0.15, 0.2) is 0 Å². The first kappa shape index (κ1) is 15.3. The molecule has 0 aromatic rings. The molecule has 2 saturated carbocycles. The highest BCUT2D eigenvalue weighted by molar-refractivity contribution is 5.79. The van der Waals surface area contributed by atoms with Crippen LogP contribution in [0.15, 0.2) is 0 Å². The minimum atomic E-state index is -0.726. The molecule has 5 nitrogen and oxygen atoms in total. The van der Waals surface area contributed by atoms with Gasteiger partial charge in [-0.1, -0.05) is 12.8 Å². The van der Waals surface area contributed by atoms with Gasteiger partial charge in [0.2, 0.25) is 5.91 Å².